The second-order valence-corrected chi connectivity index (χ2v) is 7.58. The van der Waals surface area contributed by atoms with E-state index in [1.807, 2.05) is 18.2 Å². The highest BCUT2D eigenvalue weighted by atomic mass is 16.5. The van der Waals surface area contributed by atoms with Crippen LogP contribution in [0.2, 0.25) is 0 Å². The molecule has 1 heterocycles. The third-order valence-corrected chi connectivity index (χ3v) is 6.12. The zero-order valence-electron chi connectivity index (χ0n) is 15.5. The maximum absolute atomic E-state index is 13.3. The van der Waals surface area contributed by atoms with E-state index in [9.17, 15) is 4.79 Å². The van der Waals surface area contributed by atoms with Gasteiger partial charge in [-0.1, -0.05) is 61.0 Å². The summed E-state index contributed by atoms with van der Waals surface area (Å²) in [5.74, 6) is 0.152. The van der Waals surface area contributed by atoms with Crippen molar-refractivity contribution >= 4 is 5.78 Å². The van der Waals surface area contributed by atoms with Gasteiger partial charge in [0.15, 0.2) is 5.78 Å². The van der Waals surface area contributed by atoms with Crippen molar-refractivity contribution in [2.45, 2.75) is 43.7 Å². The summed E-state index contributed by atoms with van der Waals surface area (Å²) in [6.07, 6.45) is 5.24. The number of ether oxygens (including phenoxy) is 1. The van der Waals surface area contributed by atoms with Crippen molar-refractivity contribution in [2.24, 2.45) is 0 Å². The van der Waals surface area contributed by atoms with Crippen molar-refractivity contribution in [3.05, 3.63) is 71.3 Å². The molecule has 0 N–H and O–H groups in total. The third kappa shape index (κ3) is 3.10. The number of methoxy groups -OCH3 is 1. The number of Topliss-reactive ketones (excluding diaryl/α,β-unsaturated/α-hetero) is 1. The van der Waals surface area contributed by atoms with Crippen LogP contribution in [-0.4, -0.2) is 36.5 Å². The number of likely N-dealkylation sites (tertiary alicyclic amines) is 1. The number of hydrogen-bond acceptors (Lipinski definition) is 3. The summed E-state index contributed by atoms with van der Waals surface area (Å²) in [5, 5.41) is 0. The van der Waals surface area contributed by atoms with Crippen LogP contribution in [0.1, 0.15) is 53.2 Å². The van der Waals surface area contributed by atoms with Crippen LogP contribution in [0.25, 0.3) is 0 Å². The lowest BCUT2D eigenvalue weighted by molar-refractivity contribution is -0.0384. The number of piperidine rings is 1. The predicted molar refractivity (Wildman–Crippen MR) is 103 cm³/mol. The number of fused-ring (bicyclic) bond motifs is 1. The lowest BCUT2D eigenvalue weighted by Gasteiger charge is -2.44. The van der Waals surface area contributed by atoms with Crippen LogP contribution in [0.3, 0.4) is 0 Å². The molecule has 2 atom stereocenters. The molecule has 2 aromatic rings. The number of nitrogens with zero attached hydrogens (tertiary/aromatic N) is 1. The molecule has 136 valence electrons. The Morgan fingerprint density at radius 3 is 2.65 bits per heavy atom. The molecule has 0 amide bonds. The van der Waals surface area contributed by atoms with Crippen LogP contribution in [0.5, 0.6) is 0 Å². The van der Waals surface area contributed by atoms with E-state index in [2.05, 4.69) is 41.3 Å². The number of carbonyl (C=O) groups excluding carboxylic acids is 1. The van der Waals surface area contributed by atoms with Crippen molar-refractivity contribution in [2.75, 3.05) is 20.2 Å². The van der Waals surface area contributed by atoms with E-state index in [1.54, 1.807) is 7.11 Å². The number of ketones is 1. The molecular formula is C23H27NO2. The molecule has 2 unspecified atom stereocenters. The summed E-state index contributed by atoms with van der Waals surface area (Å²) in [4.78, 5) is 15.8. The maximum Gasteiger partial charge on any atom is 0.196 e. The van der Waals surface area contributed by atoms with Crippen LogP contribution in [-0.2, 0) is 11.2 Å². The highest BCUT2D eigenvalue weighted by molar-refractivity contribution is 6.05. The average Bonchev–Trinajstić information content (AvgIpc) is 2.71. The highest BCUT2D eigenvalue weighted by Crippen LogP contribution is 2.37. The number of aryl methyl sites for hydroxylation is 1. The third-order valence-electron chi connectivity index (χ3n) is 6.12. The van der Waals surface area contributed by atoms with Gasteiger partial charge in [0.25, 0.3) is 0 Å². The summed E-state index contributed by atoms with van der Waals surface area (Å²) in [7, 11) is 1.70. The van der Waals surface area contributed by atoms with Crippen LogP contribution in [0.4, 0.5) is 0 Å². The van der Waals surface area contributed by atoms with Crippen LogP contribution < -0.4 is 0 Å². The number of carbonyl (C=O) groups is 1. The fourth-order valence-electron chi connectivity index (χ4n) is 4.63. The Labute approximate surface area is 156 Å². The lowest BCUT2D eigenvalue weighted by atomic mass is 9.78. The second-order valence-electron chi connectivity index (χ2n) is 7.58. The molecule has 0 saturated carbocycles. The molecule has 2 aliphatic rings. The summed E-state index contributed by atoms with van der Waals surface area (Å²) in [5.41, 5.74) is 2.62. The van der Waals surface area contributed by atoms with E-state index in [0.29, 0.717) is 12.6 Å². The molecule has 1 aliphatic carbocycles. The van der Waals surface area contributed by atoms with Crippen molar-refractivity contribution < 1.29 is 9.53 Å². The Balaban J connectivity index is 1.62. The van der Waals surface area contributed by atoms with Crippen LogP contribution in [0, 0.1) is 0 Å². The molecule has 0 aromatic heterocycles. The summed E-state index contributed by atoms with van der Waals surface area (Å²) in [6.45, 7) is 1.70. The van der Waals surface area contributed by atoms with Crippen molar-refractivity contribution in [3.63, 3.8) is 0 Å². The van der Waals surface area contributed by atoms with Gasteiger partial charge in [0.2, 0.25) is 0 Å². The molecular weight excluding hydrogens is 322 g/mol. The molecule has 3 heteroatoms. The minimum absolute atomic E-state index is 0.152. The molecule has 1 aliphatic heterocycles. The number of hydrogen-bond donors (Lipinski definition) is 0. The first-order valence-electron chi connectivity index (χ1n) is 9.70. The molecule has 2 aromatic carbocycles. The molecule has 1 saturated heterocycles. The molecule has 3 nitrogen and oxygen atoms in total. The number of benzene rings is 2. The van der Waals surface area contributed by atoms with E-state index >= 15 is 0 Å². The summed E-state index contributed by atoms with van der Waals surface area (Å²) < 4.78 is 5.94. The van der Waals surface area contributed by atoms with Gasteiger partial charge in [0.05, 0.1) is 0 Å². The largest absolute Gasteiger partial charge is 0.369 e. The molecule has 4 rings (SSSR count). The minimum Gasteiger partial charge on any atom is -0.369 e. The molecule has 1 fully saturated rings. The average molecular weight is 349 g/mol. The minimum atomic E-state index is -0.723. The normalized spacial score (nSPS) is 26.5. The monoisotopic (exact) mass is 349 g/mol. The first kappa shape index (κ1) is 17.4. The Kier molecular flexibility index (Phi) is 4.92. The fraction of sp³-hybridized carbons (Fsp3) is 0.435. The zero-order chi connectivity index (χ0) is 18.0. The Hall–Kier alpha value is -1.97. The van der Waals surface area contributed by atoms with Gasteiger partial charge in [0.1, 0.15) is 5.60 Å². The quantitative estimate of drug-likeness (QED) is 0.818. The van der Waals surface area contributed by atoms with Gasteiger partial charge in [0, 0.05) is 25.3 Å². The molecule has 0 spiro atoms. The van der Waals surface area contributed by atoms with Crippen molar-refractivity contribution in [3.8, 4) is 0 Å². The van der Waals surface area contributed by atoms with E-state index in [4.69, 9.17) is 4.74 Å². The van der Waals surface area contributed by atoms with Gasteiger partial charge in [-0.2, -0.15) is 0 Å². The topological polar surface area (TPSA) is 29.5 Å². The van der Waals surface area contributed by atoms with Gasteiger partial charge in [-0.15, -0.1) is 0 Å². The standard InChI is InChI=1S/C23H27NO2/c1-26-23(15-14-18-9-5-6-12-20(18)22(23)25)17-24-16-8-7-13-21(24)19-10-3-2-4-11-19/h2-6,9-12,21H,7-8,13-17H2,1H3. The van der Waals surface area contributed by atoms with Crippen molar-refractivity contribution in [1.29, 1.82) is 0 Å². The van der Waals surface area contributed by atoms with Gasteiger partial charge in [-0.25, -0.2) is 0 Å². The van der Waals surface area contributed by atoms with E-state index in [-0.39, 0.29) is 5.78 Å². The summed E-state index contributed by atoms with van der Waals surface area (Å²) >= 11 is 0. The van der Waals surface area contributed by atoms with Gasteiger partial charge in [-0.05, 0) is 43.4 Å². The predicted octanol–water partition coefficient (Wildman–Crippen LogP) is 4.43. The Morgan fingerprint density at radius 2 is 1.85 bits per heavy atom. The summed E-state index contributed by atoms with van der Waals surface area (Å²) in [6, 6.07) is 19.1. The van der Waals surface area contributed by atoms with Gasteiger partial charge < -0.3 is 4.74 Å². The van der Waals surface area contributed by atoms with Crippen molar-refractivity contribution in [1.82, 2.24) is 4.90 Å². The van der Waals surface area contributed by atoms with E-state index < -0.39 is 5.60 Å². The lowest BCUT2D eigenvalue weighted by Crippen LogP contribution is -2.54. The van der Waals surface area contributed by atoms with E-state index in [1.165, 1.54) is 18.4 Å². The molecule has 26 heavy (non-hydrogen) atoms. The Morgan fingerprint density at radius 1 is 1.08 bits per heavy atom. The highest BCUT2D eigenvalue weighted by Gasteiger charge is 2.45. The smallest absolute Gasteiger partial charge is 0.196 e. The van der Waals surface area contributed by atoms with Crippen LogP contribution >= 0.6 is 0 Å². The van der Waals surface area contributed by atoms with Gasteiger partial charge in [-0.3, -0.25) is 9.69 Å². The van der Waals surface area contributed by atoms with E-state index in [0.717, 1.165) is 36.9 Å². The van der Waals surface area contributed by atoms with Crippen LogP contribution in [0.15, 0.2) is 54.6 Å². The van der Waals surface area contributed by atoms with Gasteiger partial charge >= 0.3 is 0 Å². The zero-order valence-corrected chi connectivity index (χ0v) is 15.5. The SMILES string of the molecule is COC1(CN2CCCCC2c2ccccc2)CCc2ccccc2C1=O. The first-order chi connectivity index (χ1) is 12.7. The first-order valence-corrected chi connectivity index (χ1v) is 9.70. The number of rotatable bonds is 4. The molecule has 0 radical (unpaired) electrons. The second kappa shape index (κ2) is 7.34. The molecule has 0 bridgehead atoms. The fourth-order valence-corrected chi connectivity index (χ4v) is 4.63. The Bertz CT molecular complexity index is 773. The maximum atomic E-state index is 13.3.